The number of hydrogen-bond donors (Lipinski definition) is 2. The van der Waals surface area contributed by atoms with E-state index in [0.29, 0.717) is 36.6 Å². The van der Waals surface area contributed by atoms with Gasteiger partial charge >= 0.3 is 6.03 Å². The Labute approximate surface area is 169 Å². The topological polar surface area (TPSA) is 70.7 Å². The van der Waals surface area contributed by atoms with E-state index < -0.39 is 0 Å². The molecule has 6 heteroatoms. The molecule has 29 heavy (non-hydrogen) atoms. The van der Waals surface area contributed by atoms with Gasteiger partial charge in [-0.2, -0.15) is 0 Å². The lowest BCUT2D eigenvalue weighted by Crippen LogP contribution is -2.28. The van der Waals surface area contributed by atoms with Gasteiger partial charge in [0.25, 0.3) is 0 Å². The molecular formula is C23H23N3O3. The molecule has 3 aromatic carbocycles. The van der Waals surface area contributed by atoms with Gasteiger partial charge in [0.1, 0.15) is 5.75 Å². The van der Waals surface area contributed by atoms with Gasteiger partial charge in [0.15, 0.2) is 0 Å². The Morgan fingerprint density at radius 1 is 1.10 bits per heavy atom. The number of anilines is 2. The van der Waals surface area contributed by atoms with Crippen molar-refractivity contribution in [2.45, 2.75) is 19.4 Å². The molecule has 1 saturated heterocycles. The van der Waals surface area contributed by atoms with Crippen molar-refractivity contribution < 1.29 is 14.3 Å². The third-order valence-corrected chi connectivity index (χ3v) is 5.12. The van der Waals surface area contributed by atoms with Crippen LogP contribution in [0.5, 0.6) is 5.75 Å². The highest BCUT2D eigenvalue weighted by Gasteiger charge is 2.24. The number of benzene rings is 3. The summed E-state index contributed by atoms with van der Waals surface area (Å²) >= 11 is 0. The number of methoxy groups -OCH3 is 1. The molecule has 3 amide bonds. The van der Waals surface area contributed by atoms with Gasteiger partial charge < -0.3 is 20.3 Å². The lowest BCUT2D eigenvalue weighted by molar-refractivity contribution is -0.117. The molecule has 148 valence electrons. The minimum Gasteiger partial charge on any atom is -0.495 e. The number of ether oxygens (including phenoxy) is 1. The summed E-state index contributed by atoms with van der Waals surface area (Å²) < 4.78 is 5.39. The second-order valence-electron chi connectivity index (χ2n) is 6.98. The number of urea groups is 1. The molecular weight excluding hydrogens is 366 g/mol. The van der Waals surface area contributed by atoms with E-state index in [1.54, 1.807) is 30.2 Å². The Kier molecular flexibility index (Phi) is 5.33. The average Bonchev–Trinajstić information content (AvgIpc) is 3.18. The second-order valence-corrected chi connectivity index (χ2v) is 6.98. The molecule has 6 nitrogen and oxygen atoms in total. The maximum atomic E-state index is 12.4. The first-order chi connectivity index (χ1) is 14.2. The average molecular weight is 389 g/mol. The molecule has 4 rings (SSSR count). The van der Waals surface area contributed by atoms with Crippen LogP contribution in [0.25, 0.3) is 10.8 Å². The van der Waals surface area contributed by atoms with Crippen LogP contribution in [-0.4, -0.2) is 25.6 Å². The monoisotopic (exact) mass is 389 g/mol. The van der Waals surface area contributed by atoms with Crippen molar-refractivity contribution in [1.29, 1.82) is 0 Å². The quantitative estimate of drug-likeness (QED) is 0.684. The molecule has 0 atom stereocenters. The highest BCUT2D eigenvalue weighted by molar-refractivity contribution is 5.98. The third kappa shape index (κ3) is 4.01. The lowest BCUT2D eigenvalue weighted by atomic mass is 10.0. The van der Waals surface area contributed by atoms with Crippen LogP contribution in [0.3, 0.4) is 0 Å². The number of carbonyl (C=O) groups is 2. The van der Waals surface area contributed by atoms with Crippen molar-refractivity contribution in [1.82, 2.24) is 5.32 Å². The molecule has 0 aromatic heterocycles. The van der Waals surface area contributed by atoms with Crippen LogP contribution >= 0.6 is 0 Å². The fourth-order valence-corrected chi connectivity index (χ4v) is 3.68. The molecule has 0 aliphatic carbocycles. The molecule has 2 N–H and O–H groups in total. The van der Waals surface area contributed by atoms with E-state index in [9.17, 15) is 9.59 Å². The van der Waals surface area contributed by atoms with E-state index in [2.05, 4.69) is 22.8 Å². The summed E-state index contributed by atoms with van der Waals surface area (Å²) in [6, 6.07) is 19.1. The summed E-state index contributed by atoms with van der Waals surface area (Å²) in [5, 5.41) is 8.01. The summed E-state index contributed by atoms with van der Waals surface area (Å²) in [7, 11) is 1.57. The van der Waals surface area contributed by atoms with E-state index in [-0.39, 0.29) is 11.9 Å². The van der Waals surface area contributed by atoms with Gasteiger partial charge in [-0.1, -0.05) is 42.5 Å². The zero-order valence-corrected chi connectivity index (χ0v) is 16.3. The molecule has 0 bridgehead atoms. The molecule has 1 aliphatic rings. The van der Waals surface area contributed by atoms with Crippen LogP contribution in [0.15, 0.2) is 60.7 Å². The minimum atomic E-state index is -0.304. The Morgan fingerprint density at radius 3 is 2.72 bits per heavy atom. The summed E-state index contributed by atoms with van der Waals surface area (Å²) in [5.41, 5.74) is 2.34. The smallest absolute Gasteiger partial charge is 0.319 e. The van der Waals surface area contributed by atoms with Crippen molar-refractivity contribution in [2.24, 2.45) is 0 Å². The van der Waals surface area contributed by atoms with Crippen LogP contribution < -0.4 is 20.3 Å². The molecule has 1 aliphatic heterocycles. The second kappa shape index (κ2) is 8.22. The van der Waals surface area contributed by atoms with Gasteiger partial charge in [0.05, 0.1) is 12.8 Å². The fourth-order valence-electron chi connectivity index (χ4n) is 3.68. The standard InChI is InChI=1S/C23H23N3O3/c1-29-21-12-11-18(14-20(21)26-13-5-10-22(26)27)25-23(28)24-15-17-8-4-7-16-6-2-3-9-19(16)17/h2-4,6-9,11-12,14H,5,10,13,15H2,1H3,(H2,24,25,28). The van der Waals surface area contributed by atoms with E-state index >= 15 is 0 Å². The normalized spacial score (nSPS) is 13.6. The van der Waals surface area contributed by atoms with Gasteiger partial charge in [0.2, 0.25) is 5.91 Å². The van der Waals surface area contributed by atoms with Gasteiger partial charge in [-0.25, -0.2) is 4.79 Å². The van der Waals surface area contributed by atoms with Gasteiger partial charge in [-0.3, -0.25) is 4.79 Å². The van der Waals surface area contributed by atoms with Gasteiger partial charge in [-0.15, -0.1) is 0 Å². The van der Waals surface area contributed by atoms with E-state index in [1.807, 2.05) is 30.3 Å². The molecule has 0 spiro atoms. The maximum Gasteiger partial charge on any atom is 0.319 e. The van der Waals surface area contributed by atoms with Crippen molar-refractivity contribution in [2.75, 3.05) is 23.9 Å². The Bertz CT molecular complexity index is 1060. The molecule has 1 fully saturated rings. The first-order valence-corrected chi connectivity index (χ1v) is 9.65. The Hall–Kier alpha value is -3.54. The zero-order chi connectivity index (χ0) is 20.2. The number of amides is 3. The van der Waals surface area contributed by atoms with E-state index in [1.165, 1.54) is 0 Å². The largest absolute Gasteiger partial charge is 0.495 e. The van der Waals surface area contributed by atoms with Crippen LogP contribution in [0.2, 0.25) is 0 Å². The lowest BCUT2D eigenvalue weighted by Gasteiger charge is -2.20. The molecule has 0 radical (unpaired) electrons. The number of carbonyl (C=O) groups excluding carboxylic acids is 2. The van der Waals surface area contributed by atoms with Crippen molar-refractivity contribution in [3.63, 3.8) is 0 Å². The summed E-state index contributed by atoms with van der Waals surface area (Å²) in [5.74, 6) is 0.683. The van der Waals surface area contributed by atoms with Crippen LogP contribution in [-0.2, 0) is 11.3 Å². The van der Waals surface area contributed by atoms with Crippen LogP contribution in [0, 0.1) is 0 Å². The predicted molar refractivity (Wildman–Crippen MR) is 114 cm³/mol. The first kappa shape index (κ1) is 18.8. The van der Waals surface area contributed by atoms with E-state index in [4.69, 9.17) is 4.74 Å². The van der Waals surface area contributed by atoms with Crippen LogP contribution in [0.1, 0.15) is 18.4 Å². The van der Waals surface area contributed by atoms with Gasteiger partial charge in [0, 0.05) is 25.2 Å². The van der Waals surface area contributed by atoms with Crippen molar-refractivity contribution >= 4 is 34.1 Å². The van der Waals surface area contributed by atoms with Crippen molar-refractivity contribution in [3.05, 3.63) is 66.2 Å². The number of hydrogen-bond acceptors (Lipinski definition) is 3. The third-order valence-electron chi connectivity index (χ3n) is 5.12. The number of nitrogens with one attached hydrogen (secondary N) is 2. The zero-order valence-electron chi connectivity index (χ0n) is 16.3. The molecule has 3 aromatic rings. The SMILES string of the molecule is COc1ccc(NC(=O)NCc2cccc3ccccc23)cc1N1CCCC1=O. The Morgan fingerprint density at radius 2 is 1.93 bits per heavy atom. The minimum absolute atomic E-state index is 0.0702. The predicted octanol–water partition coefficient (Wildman–Crippen LogP) is 4.30. The Balaban J connectivity index is 1.46. The van der Waals surface area contributed by atoms with E-state index in [0.717, 1.165) is 22.8 Å². The highest BCUT2D eigenvalue weighted by Crippen LogP contribution is 2.34. The highest BCUT2D eigenvalue weighted by atomic mass is 16.5. The summed E-state index contributed by atoms with van der Waals surface area (Å²) in [6.07, 6.45) is 1.36. The molecule has 0 saturated carbocycles. The number of rotatable bonds is 5. The molecule has 1 heterocycles. The number of nitrogens with zero attached hydrogens (tertiary/aromatic N) is 1. The molecule has 0 unspecified atom stereocenters. The van der Waals surface area contributed by atoms with Crippen LogP contribution in [0.4, 0.5) is 16.2 Å². The maximum absolute atomic E-state index is 12.4. The fraction of sp³-hybridized carbons (Fsp3) is 0.217. The first-order valence-electron chi connectivity index (χ1n) is 9.65. The van der Waals surface area contributed by atoms with Gasteiger partial charge in [-0.05, 0) is 41.0 Å². The number of fused-ring (bicyclic) bond motifs is 1. The summed E-state index contributed by atoms with van der Waals surface area (Å²) in [6.45, 7) is 1.08. The van der Waals surface area contributed by atoms with Crippen molar-refractivity contribution in [3.8, 4) is 5.75 Å². The summed E-state index contributed by atoms with van der Waals surface area (Å²) in [4.78, 5) is 26.3.